The van der Waals surface area contributed by atoms with Crippen LogP contribution in [0.4, 0.5) is 5.95 Å². The van der Waals surface area contributed by atoms with Crippen molar-refractivity contribution in [1.29, 1.82) is 0 Å². The van der Waals surface area contributed by atoms with Gasteiger partial charge in [0.15, 0.2) is 0 Å². The predicted molar refractivity (Wildman–Crippen MR) is 101 cm³/mol. The molecule has 4 rings (SSSR count). The van der Waals surface area contributed by atoms with Crippen LogP contribution in [0.2, 0.25) is 0 Å². The predicted octanol–water partition coefficient (Wildman–Crippen LogP) is 3.58. The van der Waals surface area contributed by atoms with Crippen molar-refractivity contribution in [3.05, 3.63) is 57.9 Å². The van der Waals surface area contributed by atoms with Crippen LogP contribution in [0, 0.1) is 0 Å². The van der Waals surface area contributed by atoms with E-state index in [1.165, 1.54) is 0 Å². The second kappa shape index (κ2) is 6.93. The number of imidazole rings is 1. The molecule has 0 unspecified atom stereocenters. The van der Waals surface area contributed by atoms with Crippen molar-refractivity contribution >= 4 is 34.3 Å². The summed E-state index contributed by atoms with van der Waals surface area (Å²) < 4.78 is 12.5. The second-order valence-electron chi connectivity index (χ2n) is 6.00. The lowest BCUT2D eigenvalue weighted by atomic mass is 10.0. The first kappa shape index (κ1) is 16.8. The number of aromatic nitrogens is 2. The zero-order chi connectivity index (χ0) is 18.1. The third kappa shape index (κ3) is 2.79. The van der Waals surface area contributed by atoms with E-state index in [2.05, 4.69) is 14.9 Å². The minimum Gasteiger partial charge on any atom is -0.460 e. The SMILES string of the molecule is COCCOC(=O)C1=C(C)Nc2nc3ccccc3n2[C@H]1c1cccs1. The number of esters is 1. The molecular weight excluding hydrogens is 350 g/mol. The van der Waals surface area contributed by atoms with E-state index in [0.29, 0.717) is 12.2 Å². The fraction of sp³-hybridized carbons (Fsp3) is 0.263. The van der Waals surface area contributed by atoms with Gasteiger partial charge in [0, 0.05) is 17.7 Å². The van der Waals surface area contributed by atoms with E-state index < -0.39 is 0 Å². The van der Waals surface area contributed by atoms with E-state index >= 15 is 0 Å². The number of rotatable bonds is 5. The van der Waals surface area contributed by atoms with Gasteiger partial charge in [0.1, 0.15) is 12.6 Å². The highest BCUT2D eigenvalue weighted by Gasteiger charge is 2.35. The van der Waals surface area contributed by atoms with Gasteiger partial charge < -0.3 is 14.8 Å². The molecule has 1 atom stereocenters. The highest BCUT2D eigenvalue weighted by atomic mass is 32.1. The van der Waals surface area contributed by atoms with Gasteiger partial charge in [-0.2, -0.15) is 0 Å². The first-order chi connectivity index (χ1) is 12.7. The lowest BCUT2D eigenvalue weighted by molar-refractivity contribution is -0.140. The Hall–Kier alpha value is -2.64. The van der Waals surface area contributed by atoms with Crippen molar-refractivity contribution in [2.45, 2.75) is 13.0 Å². The Bertz CT molecular complexity index is 975. The number of methoxy groups -OCH3 is 1. The Morgan fingerprint density at radius 1 is 1.27 bits per heavy atom. The number of carbonyl (C=O) groups excluding carboxylic acids is 1. The van der Waals surface area contributed by atoms with Gasteiger partial charge in [-0.25, -0.2) is 9.78 Å². The molecule has 3 aromatic rings. The Kier molecular flexibility index (Phi) is 4.48. The summed E-state index contributed by atoms with van der Waals surface area (Å²) in [6.45, 7) is 2.48. The van der Waals surface area contributed by atoms with Crippen LogP contribution in [0.3, 0.4) is 0 Å². The average molecular weight is 369 g/mol. The van der Waals surface area contributed by atoms with E-state index in [9.17, 15) is 4.79 Å². The van der Waals surface area contributed by atoms with Crippen molar-refractivity contribution < 1.29 is 14.3 Å². The molecule has 1 aromatic carbocycles. The maximum absolute atomic E-state index is 12.9. The smallest absolute Gasteiger partial charge is 0.338 e. The molecule has 0 radical (unpaired) electrons. The monoisotopic (exact) mass is 369 g/mol. The lowest BCUT2D eigenvalue weighted by Gasteiger charge is -2.29. The number of carbonyl (C=O) groups is 1. The molecule has 0 amide bonds. The summed E-state index contributed by atoms with van der Waals surface area (Å²) in [5.74, 6) is 0.393. The van der Waals surface area contributed by atoms with Crippen molar-refractivity contribution in [3.8, 4) is 0 Å². The Morgan fingerprint density at radius 3 is 2.88 bits per heavy atom. The maximum Gasteiger partial charge on any atom is 0.338 e. The van der Waals surface area contributed by atoms with E-state index in [-0.39, 0.29) is 18.6 Å². The Morgan fingerprint density at radius 2 is 2.12 bits per heavy atom. The number of nitrogens with one attached hydrogen (secondary N) is 1. The fourth-order valence-electron chi connectivity index (χ4n) is 3.24. The number of anilines is 1. The topological polar surface area (TPSA) is 65.4 Å². The molecule has 1 N–H and O–H groups in total. The zero-order valence-electron chi connectivity index (χ0n) is 14.6. The first-order valence-electron chi connectivity index (χ1n) is 8.35. The second-order valence-corrected chi connectivity index (χ2v) is 6.98. The lowest BCUT2D eigenvalue weighted by Crippen LogP contribution is -2.29. The number of hydrogen-bond acceptors (Lipinski definition) is 6. The van der Waals surface area contributed by atoms with Crippen LogP contribution in [0.5, 0.6) is 0 Å². The number of para-hydroxylation sites is 2. The van der Waals surface area contributed by atoms with Gasteiger partial charge in [-0.1, -0.05) is 18.2 Å². The number of hydrogen-bond donors (Lipinski definition) is 1. The van der Waals surface area contributed by atoms with Gasteiger partial charge in [0.2, 0.25) is 5.95 Å². The molecule has 2 aromatic heterocycles. The number of allylic oxidation sites excluding steroid dienone is 1. The van der Waals surface area contributed by atoms with Gasteiger partial charge in [0.05, 0.1) is 23.2 Å². The quantitative estimate of drug-likeness (QED) is 0.550. The standard InChI is InChI=1S/C19H19N3O3S/c1-12-16(18(23)25-10-9-24-2)17(15-8-5-11-26-15)22-14-7-4-3-6-13(14)21-19(22)20-12/h3-8,11,17H,9-10H2,1-2H3,(H,20,21)/t17-/m0/s1. The molecule has 0 aliphatic carbocycles. The molecule has 0 fully saturated rings. The normalized spacial score (nSPS) is 16.5. The molecular formula is C19H19N3O3S. The Labute approximate surface area is 155 Å². The molecule has 3 heterocycles. The summed E-state index contributed by atoms with van der Waals surface area (Å²) in [5.41, 5.74) is 3.22. The molecule has 1 aliphatic heterocycles. The first-order valence-corrected chi connectivity index (χ1v) is 9.23. The maximum atomic E-state index is 12.9. The van der Waals surface area contributed by atoms with Gasteiger partial charge >= 0.3 is 5.97 Å². The minimum atomic E-state index is -0.339. The summed E-state index contributed by atoms with van der Waals surface area (Å²) >= 11 is 1.61. The molecule has 7 heteroatoms. The summed E-state index contributed by atoms with van der Waals surface area (Å²) in [7, 11) is 1.58. The summed E-state index contributed by atoms with van der Waals surface area (Å²) in [5, 5.41) is 5.28. The molecule has 0 spiro atoms. The van der Waals surface area contributed by atoms with Crippen molar-refractivity contribution in [2.24, 2.45) is 0 Å². The zero-order valence-corrected chi connectivity index (χ0v) is 15.4. The van der Waals surface area contributed by atoms with Crippen LogP contribution in [0.25, 0.3) is 11.0 Å². The van der Waals surface area contributed by atoms with Crippen LogP contribution in [-0.4, -0.2) is 35.8 Å². The molecule has 1 aliphatic rings. The highest BCUT2D eigenvalue weighted by Crippen LogP contribution is 2.40. The van der Waals surface area contributed by atoms with Crippen LogP contribution in [0.1, 0.15) is 17.8 Å². The van der Waals surface area contributed by atoms with E-state index in [1.807, 2.05) is 48.7 Å². The molecule has 6 nitrogen and oxygen atoms in total. The highest BCUT2D eigenvalue weighted by molar-refractivity contribution is 7.10. The van der Waals surface area contributed by atoms with Crippen molar-refractivity contribution in [1.82, 2.24) is 9.55 Å². The number of ether oxygens (including phenoxy) is 2. The molecule has 0 saturated carbocycles. The van der Waals surface area contributed by atoms with E-state index in [1.54, 1.807) is 18.4 Å². The number of fused-ring (bicyclic) bond motifs is 3. The van der Waals surface area contributed by atoms with Crippen LogP contribution in [0.15, 0.2) is 53.0 Å². The van der Waals surface area contributed by atoms with E-state index in [0.717, 1.165) is 27.6 Å². The molecule has 0 bridgehead atoms. The molecule has 134 valence electrons. The minimum absolute atomic E-state index is 0.223. The number of thiophene rings is 1. The van der Waals surface area contributed by atoms with Gasteiger partial charge in [-0.15, -0.1) is 11.3 Å². The molecule has 0 saturated heterocycles. The fourth-order valence-corrected chi connectivity index (χ4v) is 4.06. The van der Waals surface area contributed by atoms with Crippen LogP contribution in [-0.2, 0) is 14.3 Å². The number of benzene rings is 1. The third-order valence-corrected chi connectivity index (χ3v) is 5.31. The largest absolute Gasteiger partial charge is 0.460 e. The van der Waals surface area contributed by atoms with E-state index in [4.69, 9.17) is 9.47 Å². The summed E-state index contributed by atoms with van der Waals surface area (Å²) in [6.07, 6.45) is 0. The number of nitrogens with zero attached hydrogens (tertiary/aromatic N) is 2. The average Bonchev–Trinajstić information content (AvgIpc) is 3.28. The van der Waals surface area contributed by atoms with Crippen molar-refractivity contribution in [3.63, 3.8) is 0 Å². The van der Waals surface area contributed by atoms with Crippen LogP contribution >= 0.6 is 11.3 Å². The third-order valence-electron chi connectivity index (χ3n) is 4.38. The van der Waals surface area contributed by atoms with Gasteiger partial charge in [-0.3, -0.25) is 4.57 Å². The van der Waals surface area contributed by atoms with Gasteiger partial charge in [-0.05, 0) is 30.5 Å². The summed E-state index contributed by atoms with van der Waals surface area (Å²) in [6, 6.07) is 11.7. The summed E-state index contributed by atoms with van der Waals surface area (Å²) in [4.78, 5) is 18.6. The Balaban J connectivity index is 1.84. The van der Waals surface area contributed by atoms with Crippen LogP contribution < -0.4 is 5.32 Å². The molecule has 26 heavy (non-hydrogen) atoms. The van der Waals surface area contributed by atoms with Crippen molar-refractivity contribution in [2.75, 3.05) is 25.6 Å². The van der Waals surface area contributed by atoms with Gasteiger partial charge in [0.25, 0.3) is 0 Å².